The van der Waals surface area contributed by atoms with Gasteiger partial charge in [-0.3, -0.25) is 0 Å². The average molecular weight is 302 g/mol. The topological polar surface area (TPSA) is 77.8 Å². The van der Waals surface area contributed by atoms with Gasteiger partial charge in [-0.15, -0.1) is 11.8 Å². The molecule has 0 atom stereocenters. The van der Waals surface area contributed by atoms with Crippen molar-refractivity contribution >= 4 is 17.4 Å². The minimum absolute atomic E-state index is 0.258. The zero-order valence-electron chi connectivity index (χ0n) is 10.9. The van der Waals surface area contributed by atoms with Crippen molar-refractivity contribution < 1.29 is 8.91 Å². The van der Waals surface area contributed by atoms with E-state index in [2.05, 4.69) is 15.1 Å². The van der Waals surface area contributed by atoms with E-state index in [9.17, 15) is 4.39 Å². The summed E-state index contributed by atoms with van der Waals surface area (Å²) in [4.78, 5) is 8.89. The molecule has 0 unspecified atom stereocenters. The van der Waals surface area contributed by atoms with Gasteiger partial charge in [-0.2, -0.15) is 4.98 Å². The maximum Gasteiger partial charge on any atom is 0.276 e. The predicted octanol–water partition coefficient (Wildman–Crippen LogP) is 3.15. The number of pyridine rings is 1. The number of nitrogens with zero attached hydrogens (tertiary/aromatic N) is 3. The fraction of sp³-hybridized carbons (Fsp3) is 0.0714. The van der Waals surface area contributed by atoms with Gasteiger partial charge in [0.25, 0.3) is 5.89 Å². The highest BCUT2D eigenvalue weighted by molar-refractivity contribution is 7.98. The molecule has 0 saturated carbocycles. The largest absolute Gasteiger partial charge is 0.397 e. The van der Waals surface area contributed by atoms with Gasteiger partial charge in [-0.1, -0.05) is 17.3 Å². The number of hydrogen-bond acceptors (Lipinski definition) is 6. The summed E-state index contributed by atoms with van der Waals surface area (Å²) in [7, 11) is 0. The van der Waals surface area contributed by atoms with Crippen molar-refractivity contribution in [1.82, 2.24) is 15.1 Å². The number of aromatic nitrogens is 3. The van der Waals surface area contributed by atoms with Crippen molar-refractivity contribution in [2.45, 2.75) is 10.6 Å². The van der Waals surface area contributed by atoms with Crippen LogP contribution in [0.4, 0.5) is 10.1 Å². The number of benzene rings is 1. The lowest BCUT2D eigenvalue weighted by Crippen LogP contribution is -1.89. The molecule has 7 heteroatoms. The summed E-state index contributed by atoms with van der Waals surface area (Å²) in [6, 6.07) is 9.98. The number of rotatable bonds is 4. The van der Waals surface area contributed by atoms with Crippen LogP contribution in [0.15, 0.2) is 52.0 Å². The Morgan fingerprint density at radius 3 is 2.81 bits per heavy atom. The van der Waals surface area contributed by atoms with E-state index in [0.717, 1.165) is 0 Å². The molecule has 0 fully saturated rings. The Kier molecular flexibility index (Phi) is 3.83. The van der Waals surface area contributed by atoms with Crippen molar-refractivity contribution in [2.75, 3.05) is 5.73 Å². The Balaban J connectivity index is 1.71. The summed E-state index contributed by atoms with van der Waals surface area (Å²) in [6.07, 6.45) is 1.52. The number of nitrogens with two attached hydrogens (primary N) is 1. The fourth-order valence-corrected chi connectivity index (χ4v) is 2.44. The van der Waals surface area contributed by atoms with Crippen LogP contribution >= 0.6 is 11.8 Å². The summed E-state index contributed by atoms with van der Waals surface area (Å²) in [5.74, 6) is 0.960. The van der Waals surface area contributed by atoms with E-state index in [1.807, 2.05) is 0 Å². The van der Waals surface area contributed by atoms with Gasteiger partial charge in [0.2, 0.25) is 0 Å². The first kappa shape index (κ1) is 13.6. The van der Waals surface area contributed by atoms with E-state index in [1.165, 1.54) is 24.0 Å². The third kappa shape index (κ3) is 3.19. The minimum atomic E-state index is -0.258. The van der Waals surface area contributed by atoms with Gasteiger partial charge < -0.3 is 10.3 Å². The highest BCUT2D eigenvalue weighted by Gasteiger charge is 2.11. The molecule has 1 aromatic carbocycles. The summed E-state index contributed by atoms with van der Waals surface area (Å²) in [5, 5.41) is 3.86. The number of nitrogen functional groups attached to an aromatic ring is 1. The molecule has 0 radical (unpaired) electrons. The van der Waals surface area contributed by atoms with Crippen LogP contribution in [0.3, 0.4) is 0 Å². The van der Waals surface area contributed by atoms with Crippen LogP contribution < -0.4 is 5.73 Å². The van der Waals surface area contributed by atoms with E-state index in [0.29, 0.717) is 33.7 Å². The molecular formula is C14H11FN4OS. The highest BCUT2D eigenvalue weighted by atomic mass is 32.2. The lowest BCUT2D eigenvalue weighted by molar-refractivity contribution is 0.424. The molecule has 0 saturated heterocycles. The monoisotopic (exact) mass is 302 g/mol. The molecule has 3 rings (SSSR count). The second kappa shape index (κ2) is 5.92. The molecule has 2 aromatic heterocycles. The molecule has 5 nitrogen and oxygen atoms in total. The Bertz CT molecular complexity index is 745. The molecule has 0 amide bonds. The van der Waals surface area contributed by atoms with Crippen molar-refractivity contribution in [3.8, 4) is 11.6 Å². The molecule has 0 aliphatic carbocycles. The molecule has 2 N–H and O–H groups in total. The number of anilines is 1. The highest BCUT2D eigenvalue weighted by Crippen LogP contribution is 2.25. The van der Waals surface area contributed by atoms with Crippen LogP contribution in [0, 0.1) is 5.82 Å². The van der Waals surface area contributed by atoms with Gasteiger partial charge in [0, 0.05) is 4.90 Å². The first-order valence-corrected chi connectivity index (χ1v) is 7.13. The van der Waals surface area contributed by atoms with Crippen LogP contribution in [0.2, 0.25) is 0 Å². The second-order valence-corrected chi connectivity index (χ2v) is 5.23. The van der Waals surface area contributed by atoms with E-state index < -0.39 is 0 Å². The van der Waals surface area contributed by atoms with Gasteiger partial charge in [0.15, 0.2) is 5.82 Å². The third-order valence-electron chi connectivity index (χ3n) is 2.67. The number of thioether (sulfide) groups is 1. The lowest BCUT2D eigenvalue weighted by atomic mass is 10.3. The van der Waals surface area contributed by atoms with Gasteiger partial charge in [-0.05, 0) is 24.3 Å². The van der Waals surface area contributed by atoms with Crippen LogP contribution in [-0.4, -0.2) is 15.1 Å². The van der Waals surface area contributed by atoms with Crippen molar-refractivity contribution in [2.24, 2.45) is 0 Å². The average Bonchev–Trinajstić information content (AvgIpc) is 2.96. The van der Waals surface area contributed by atoms with Gasteiger partial charge in [0.05, 0.1) is 17.6 Å². The molecule has 106 valence electrons. The minimum Gasteiger partial charge on any atom is -0.397 e. The molecule has 0 aliphatic heterocycles. The van der Waals surface area contributed by atoms with E-state index in [-0.39, 0.29) is 5.82 Å². The van der Waals surface area contributed by atoms with E-state index in [1.54, 1.807) is 30.3 Å². The normalized spacial score (nSPS) is 10.7. The van der Waals surface area contributed by atoms with Crippen molar-refractivity contribution in [3.05, 3.63) is 54.2 Å². The second-order valence-electron chi connectivity index (χ2n) is 4.21. The maximum absolute atomic E-state index is 13.5. The van der Waals surface area contributed by atoms with E-state index in [4.69, 9.17) is 10.3 Å². The van der Waals surface area contributed by atoms with Gasteiger partial charge in [0.1, 0.15) is 11.5 Å². The smallest absolute Gasteiger partial charge is 0.276 e. The molecular weight excluding hydrogens is 291 g/mol. The van der Waals surface area contributed by atoms with Crippen molar-refractivity contribution in [3.63, 3.8) is 0 Å². The quantitative estimate of drug-likeness (QED) is 0.746. The van der Waals surface area contributed by atoms with Crippen molar-refractivity contribution in [1.29, 1.82) is 0 Å². The third-order valence-corrected chi connectivity index (χ3v) is 3.71. The number of halogens is 1. The van der Waals surface area contributed by atoms with E-state index >= 15 is 0 Å². The Morgan fingerprint density at radius 1 is 1.19 bits per heavy atom. The van der Waals surface area contributed by atoms with Crippen LogP contribution in [0.5, 0.6) is 0 Å². The first-order valence-electron chi connectivity index (χ1n) is 6.14. The fourth-order valence-electron chi connectivity index (χ4n) is 1.65. The molecule has 2 heterocycles. The molecule has 0 aliphatic rings. The maximum atomic E-state index is 13.5. The first-order chi connectivity index (χ1) is 10.2. The van der Waals surface area contributed by atoms with Crippen LogP contribution in [0.25, 0.3) is 11.6 Å². The molecule has 21 heavy (non-hydrogen) atoms. The predicted molar refractivity (Wildman–Crippen MR) is 77.9 cm³/mol. The molecule has 0 bridgehead atoms. The summed E-state index contributed by atoms with van der Waals surface area (Å²) in [6.45, 7) is 0. The number of hydrogen-bond donors (Lipinski definition) is 1. The van der Waals surface area contributed by atoms with Crippen LogP contribution in [-0.2, 0) is 5.75 Å². The van der Waals surface area contributed by atoms with Crippen LogP contribution in [0.1, 0.15) is 5.82 Å². The SMILES string of the molecule is Nc1ccc(-c2nc(CSc3ccccc3F)no2)nc1. The Labute approximate surface area is 124 Å². The standard InChI is InChI=1S/C14H11FN4OS/c15-10-3-1-2-4-12(10)21-8-13-18-14(20-19-13)11-6-5-9(16)7-17-11/h1-7H,8,16H2. The van der Waals surface area contributed by atoms with Gasteiger partial charge >= 0.3 is 0 Å². The summed E-state index contributed by atoms with van der Waals surface area (Å²) >= 11 is 1.31. The summed E-state index contributed by atoms with van der Waals surface area (Å²) < 4.78 is 18.6. The zero-order valence-corrected chi connectivity index (χ0v) is 11.7. The summed E-state index contributed by atoms with van der Waals surface area (Å²) in [5.41, 5.74) is 6.69. The lowest BCUT2D eigenvalue weighted by Gasteiger charge is -1.99. The molecule has 0 spiro atoms. The Morgan fingerprint density at radius 2 is 2.05 bits per heavy atom. The molecule has 3 aromatic rings. The zero-order chi connectivity index (χ0) is 14.7. The Hall–Kier alpha value is -2.41. The van der Waals surface area contributed by atoms with Gasteiger partial charge in [-0.25, -0.2) is 9.37 Å².